The van der Waals surface area contributed by atoms with Crippen LogP contribution in [0.25, 0.3) is 17.0 Å². The molecule has 3 heterocycles. The van der Waals surface area contributed by atoms with E-state index in [2.05, 4.69) is 11.9 Å². The summed E-state index contributed by atoms with van der Waals surface area (Å²) in [6, 6.07) is 8.94. The van der Waals surface area contributed by atoms with E-state index in [1.165, 1.54) is 11.0 Å². The fraction of sp³-hybridized carbons (Fsp3) is 0.320. The number of likely N-dealkylation sites (N-methyl/N-ethyl adjacent to an activating group) is 1. The maximum Gasteiger partial charge on any atom is 0.231 e. The van der Waals surface area contributed by atoms with Gasteiger partial charge >= 0.3 is 0 Å². The van der Waals surface area contributed by atoms with Gasteiger partial charge in [0, 0.05) is 48.4 Å². The van der Waals surface area contributed by atoms with Gasteiger partial charge in [-0.25, -0.2) is 0 Å². The molecule has 0 radical (unpaired) electrons. The molecule has 7 nitrogen and oxygen atoms in total. The molecule has 2 aliphatic rings. The van der Waals surface area contributed by atoms with Crippen LogP contribution < -0.4 is 19.5 Å². The Morgan fingerprint density at radius 1 is 1.19 bits per heavy atom. The SMILES string of the molecule is COc1ccc2c(c1)c(/C=C1\Oc3c(ccc([O-])c3C[NH+]3CCN(C)CC3)C1=O)cn2C. The Hall–Kier alpha value is -3.29. The average molecular weight is 434 g/mol. The van der Waals surface area contributed by atoms with Gasteiger partial charge in [0.15, 0.2) is 5.76 Å². The van der Waals surface area contributed by atoms with Crippen molar-refractivity contribution >= 4 is 22.8 Å². The minimum Gasteiger partial charge on any atom is -0.872 e. The molecule has 1 saturated heterocycles. The topological polar surface area (TPSA) is 71.2 Å². The fourth-order valence-electron chi connectivity index (χ4n) is 4.60. The number of quaternary nitrogens is 1. The number of methoxy groups -OCH3 is 1. The monoisotopic (exact) mass is 433 g/mol. The molecule has 0 unspecified atom stereocenters. The second-order valence-electron chi connectivity index (χ2n) is 8.67. The van der Waals surface area contributed by atoms with E-state index in [-0.39, 0.29) is 17.3 Å². The van der Waals surface area contributed by atoms with Gasteiger partial charge < -0.3 is 24.0 Å². The number of aromatic nitrogens is 1. The molecule has 0 aliphatic carbocycles. The number of ketones is 1. The number of aryl methyl sites for hydroxylation is 1. The van der Waals surface area contributed by atoms with Crippen molar-refractivity contribution in [2.24, 2.45) is 7.05 Å². The molecule has 0 bridgehead atoms. The minimum atomic E-state index is -0.186. The number of carbonyl (C=O) groups excluding carboxylic acids is 1. The molecule has 0 atom stereocenters. The summed E-state index contributed by atoms with van der Waals surface area (Å²) in [5, 5.41) is 13.7. The molecule has 1 aromatic heterocycles. The highest BCUT2D eigenvalue weighted by Gasteiger charge is 2.31. The van der Waals surface area contributed by atoms with E-state index < -0.39 is 0 Å². The van der Waals surface area contributed by atoms with E-state index in [0.29, 0.717) is 23.4 Å². The number of rotatable bonds is 4. The highest BCUT2D eigenvalue weighted by Crippen LogP contribution is 2.39. The van der Waals surface area contributed by atoms with Gasteiger partial charge in [0.25, 0.3) is 0 Å². The Balaban J connectivity index is 1.49. The van der Waals surface area contributed by atoms with Crippen LogP contribution in [0.3, 0.4) is 0 Å². The van der Waals surface area contributed by atoms with Gasteiger partial charge in [-0.05, 0) is 37.4 Å². The number of Topliss-reactive ketones (excluding diaryl/α,β-unsaturated/α-hetero) is 1. The Morgan fingerprint density at radius 2 is 1.97 bits per heavy atom. The first-order valence-corrected chi connectivity index (χ1v) is 10.9. The summed E-state index contributed by atoms with van der Waals surface area (Å²) in [5.74, 6) is 1.17. The van der Waals surface area contributed by atoms with Crippen LogP contribution in [0.15, 0.2) is 42.3 Å². The summed E-state index contributed by atoms with van der Waals surface area (Å²) in [4.78, 5) is 16.8. The highest BCUT2D eigenvalue weighted by atomic mass is 16.5. The zero-order valence-electron chi connectivity index (χ0n) is 18.6. The van der Waals surface area contributed by atoms with Gasteiger partial charge in [-0.3, -0.25) is 9.69 Å². The first kappa shape index (κ1) is 20.6. The Kier molecular flexibility index (Phi) is 5.15. The Morgan fingerprint density at radius 3 is 2.72 bits per heavy atom. The number of piperazine rings is 1. The third-order valence-corrected chi connectivity index (χ3v) is 6.53. The summed E-state index contributed by atoms with van der Waals surface area (Å²) in [7, 11) is 5.70. The maximum absolute atomic E-state index is 13.1. The number of ether oxygens (including phenoxy) is 2. The largest absolute Gasteiger partial charge is 0.872 e. The number of allylic oxidation sites excluding steroid dienone is 1. The van der Waals surface area contributed by atoms with Crippen molar-refractivity contribution in [1.82, 2.24) is 9.47 Å². The molecule has 0 spiro atoms. The lowest BCUT2D eigenvalue weighted by Crippen LogP contribution is -3.13. The van der Waals surface area contributed by atoms with Gasteiger partial charge in [0.1, 0.15) is 18.0 Å². The van der Waals surface area contributed by atoms with Crippen LogP contribution >= 0.6 is 0 Å². The molecular weight excluding hydrogens is 406 g/mol. The second-order valence-corrected chi connectivity index (χ2v) is 8.67. The molecule has 2 aromatic carbocycles. The van der Waals surface area contributed by atoms with Crippen molar-refractivity contribution in [2.75, 3.05) is 40.3 Å². The van der Waals surface area contributed by atoms with E-state index >= 15 is 0 Å². The van der Waals surface area contributed by atoms with Crippen molar-refractivity contribution in [3.63, 3.8) is 0 Å². The average Bonchev–Trinajstić information content (AvgIpc) is 3.28. The molecule has 5 rings (SSSR count). The van der Waals surface area contributed by atoms with Crippen LogP contribution in [0.4, 0.5) is 0 Å². The maximum atomic E-state index is 13.1. The predicted molar refractivity (Wildman–Crippen MR) is 120 cm³/mol. The summed E-state index contributed by atoms with van der Waals surface area (Å²) in [6.45, 7) is 4.49. The standard InChI is InChI=1S/C25H27N3O4/c1-26-8-10-28(11-9-26)15-20-22(29)7-5-18-24(30)23(32-25(18)20)12-16-14-27(2)21-6-4-17(31-3)13-19(16)21/h4-7,12-14,29H,8-11,15H2,1-3H3/b23-12-. The van der Waals surface area contributed by atoms with E-state index in [9.17, 15) is 9.90 Å². The van der Waals surface area contributed by atoms with Crippen LogP contribution in [-0.2, 0) is 13.6 Å². The zero-order chi connectivity index (χ0) is 22.4. The van der Waals surface area contributed by atoms with Crippen molar-refractivity contribution in [1.29, 1.82) is 0 Å². The van der Waals surface area contributed by atoms with E-state index in [1.54, 1.807) is 19.3 Å². The first-order chi connectivity index (χ1) is 15.4. The molecule has 0 amide bonds. The second kappa shape index (κ2) is 8.00. The molecule has 1 N–H and O–H groups in total. The summed E-state index contributed by atoms with van der Waals surface area (Å²) < 4.78 is 13.4. The third kappa shape index (κ3) is 3.53. The van der Waals surface area contributed by atoms with Gasteiger partial charge in [0.2, 0.25) is 5.78 Å². The number of fused-ring (bicyclic) bond motifs is 2. The Labute approximate surface area is 187 Å². The van der Waals surface area contributed by atoms with E-state index in [4.69, 9.17) is 9.47 Å². The molecule has 166 valence electrons. The van der Waals surface area contributed by atoms with Crippen LogP contribution in [0.5, 0.6) is 17.2 Å². The van der Waals surface area contributed by atoms with Crippen LogP contribution in [-0.4, -0.2) is 55.6 Å². The summed E-state index contributed by atoms with van der Waals surface area (Å²) >= 11 is 0. The summed E-state index contributed by atoms with van der Waals surface area (Å²) in [5.41, 5.74) is 2.96. The smallest absolute Gasteiger partial charge is 0.231 e. The van der Waals surface area contributed by atoms with E-state index in [1.807, 2.05) is 36.0 Å². The molecular formula is C25H27N3O4. The lowest BCUT2D eigenvalue weighted by Gasteiger charge is -2.30. The zero-order valence-corrected chi connectivity index (χ0v) is 18.6. The highest BCUT2D eigenvalue weighted by molar-refractivity contribution is 6.15. The van der Waals surface area contributed by atoms with Gasteiger partial charge in [-0.1, -0.05) is 11.8 Å². The predicted octanol–water partition coefficient (Wildman–Crippen LogP) is 1.21. The van der Waals surface area contributed by atoms with Crippen molar-refractivity contribution < 1.29 is 24.3 Å². The van der Waals surface area contributed by atoms with Crippen LogP contribution in [0.1, 0.15) is 21.5 Å². The normalized spacial score (nSPS) is 18.3. The van der Waals surface area contributed by atoms with Gasteiger partial charge in [-0.2, -0.15) is 0 Å². The van der Waals surface area contributed by atoms with Gasteiger partial charge in [0.05, 0.1) is 25.8 Å². The Bertz CT molecular complexity index is 1240. The molecule has 3 aromatic rings. The van der Waals surface area contributed by atoms with Crippen molar-refractivity contribution in [3.8, 4) is 17.2 Å². The van der Waals surface area contributed by atoms with Crippen molar-refractivity contribution in [2.45, 2.75) is 6.54 Å². The fourth-order valence-corrected chi connectivity index (χ4v) is 4.60. The third-order valence-electron chi connectivity index (χ3n) is 6.53. The van der Waals surface area contributed by atoms with Gasteiger partial charge in [-0.15, -0.1) is 0 Å². The number of hydrogen-bond donors (Lipinski definition) is 1. The minimum absolute atomic E-state index is 0.0703. The quantitative estimate of drug-likeness (QED) is 0.627. The molecule has 2 aliphatic heterocycles. The number of nitrogens with zero attached hydrogens (tertiary/aromatic N) is 2. The molecule has 32 heavy (non-hydrogen) atoms. The first-order valence-electron chi connectivity index (χ1n) is 10.9. The van der Waals surface area contributed by atoms with Crippen LogP contribution in [0, 0.1) is 0 Å². The van der Waals surface area contributed by atoms with Crippen molar-refractivity contribution in [3.05, 3.63) is 59.0 Å². The molecule has 1 fully saturated rings. The van der Waals surface area contributed by atoms with E-state index in [0.717, 1.165) is 48.4 Å². The molecule has 0 saturated carbocycles. The summed E-state index contributed by atoms with van der Waals surface area (Å²) in [6.07, 6.45) is 3.73. The number of benzene rings is 2. The van der Waals surface area contributed by atoms with Crippen LogP contribution in [0.2, 0.25) is 0 Å². The lowest BCUT2D eigenvalue weighted by molar-refractivity contribution is -0.918. The number of carbonyl (C=O) groups is 1. The molecule has 7 heteroatoms. The number of hydrogen-bond acceptors (Lipinski definition) is 5. The lowest BCUT2D eigenvalue weighted by atomic mass is 10.0. The number of nitrogens with one attached hydrogen (secondary N) is 1.